The lowest BCUT2D eigenvalue weighted by atomic mass is 9.86. The van der Waals surface area contributed by atoms with Crippen LogP contribution in [0.5, 0.6) is 0 Å². The van der Waals surface area contributed by atoms with E-state index in [1.807, 2.05) is 0 Å². The molecule has 0 fully saturated rings. The molecule has 0 aromatic heterocycles. The third-order valence-electron chi connectivity index (χ3n) is 4.62. The molecule has 0 N–H and O–H groups in total. The van der Waals surface area contributed by atoms with Crippen LogP contribution < -0.4 is 0 Å². The van der Waals surface area contributed by atoms with Crippen molar-refractivity contribution in [1.82, 2.24) is 0 Å². The number of hydrogen-bond acceptors (Lipinski definition) is 0. The molecule has 3 aromatic rings. The first-order chi connectivity index (χ1) is 10.8. The van der Waals surface area contributed by atoms with Gasteiger partial charge in [0.05, 0.1) is 0 Å². The van der Waals surface area contributed by atoms with Crippen molar-refractivity contribution in [3.8, 4) is 0 Å². The Labute approximate surface area is 132 Å². The van der Waals surface area contributed by atoms with Gasteiger partial charge in [-0.1, -0.05) is 73.7 Å². The first kappa shape index (κ1) is 13.3. The Morgan fingerprint density at radius 3 is 2.23 bits per heavy atom. The van der Waals surface area contributed by atoms with E-state index < -0.39 is 0 Å². The van der Waals surface area contributed by atoms with Gasteiger partial charge < -0.3 is 0 Å². The maximum absolute atomic E-state index is 2.34. The topological polar surface area (TPSA) is 0 Å². The molecule has 1 atom stereocenters. The summed E-state index contributed by atoms with van der Waals surface area (Å²) in [5.74, 6) is 2.00. The first-order valence-corrected chi connectivity index (χ1v) is 7.93. The molecule has 0 saturated heterocycles. The summed E-state index contributed by atoms with van der Waals surface area (Å²) in [5.41, 5.74) is 4.17. The molecule has 1 aliphatic carbocycles. The van der Waals surface area contributed by atoms with Crippen LogP contribution in [0.2, 0.25) is 0 Å². The smallest absolute Gasteiger partial charge is 0.0279 e. The molecular weight excluding hydrogens is 264 g/mol. The Morgan fingerprint density at radius 2 is 1.45 bits per heavy atom. The molecule has 0 aliphatic heterocycles. The molecule has 4 rings (SSSR count). The van der Waals surface area contributed by atoms with Crippen LogP contribution in [0.1, 0.15) is 36.0 Å². The molecule has 1 radical (unpaired) electrons. The van der Waals surface area contributed by atoms with E-state index in [2.05, 4.69) is 85.8 Å². The molecule has 0 spiro atoms. The van der Waals surface area contributed by atoms with Gasteiger partial charge in [-0.25, -0.2) is 0 Å². The summed E-state index contributed by atoms with van der Waals surface area (Å²) in [7, 11) is 0. The molecule has 3 aromatic carbocycles. The fourth-order valence-corrected chi connectivity index (χ4v) is 3.36. The Hall–Kier alpha value is -2.34. The zero-order valence-corrected chi connectivity index (χ0v) is 12.8. The van der Waals surface area contributed by atoms with Gasteiger partial charge in [-0.05, 0) is 51.9 Å². The summed E-state index contributed by atoms with van der Waals surface area (Å²) in [5, 5.41) is 2.65. The lowest BCUT2D eigenvalue weighted by Crippen LogP contribution is -2.02. The van der Waals surface area contributed by atoms with Crippen molar-refractivity contribution in [1.29, 1.82) is 0 Å². The van der Waals surface area contributed by atoms with E-state index in [0.29, 0.717) is 5.92 Å². The molecule has 107 valence electrons. The summed E-state index contributed by atoms with van der Waals surface area (Å²) in [6.07, 6.45) is 5.64. The summed E-state index contributed by atoms with van der Waals surface area (Å²) < 4.78 is 0. The van der Waals surface area contributed by atoms with Gasteiger partial charge in [0.15, 0.2) is 0 Å². The quantitative estimate of drug-likeness (QED) is 0.554. The number of rotatable bonds is 3. The summed E-state index contributed by atoms with van der Waals surface area (Å²) >= 11 is 0. The highest BCUT2D eigenvalue weighted by Crippen LogP contribution is 2.38. The van der Waals surface area contributed by atoms with E-state index in [-0.39, 0.29) is 0 Å². The molecule has 0 saturated carbocycles. The predicted molar refractivity (Wildman–Crippen MR) is 94.8 cm³/mol. The van der Waals surface area contributed by atoms with Gasteiger partial charge in [0.2, 0.25) is 0 Å². The van der Waals surface area contributed by atoms with Crippen LogP contribution in [0, 0.1) is 5.92 Å². The highest BCUT2D eigenvalue weighted by Gasteiger charge is 2.21. The Morgan fingerprint density at radius 1 is 0.773 bits per heavy atom. The average Bonchev–Trinajstić information content (AvgIpc) is 2.95. The second kappa shape index (κ2) is 5.46. The zero-order valence-electron chi connectivity index (χ0n) is 12.8. The Bertz CT molecular complexity index is 827. The van der Waals surface area contributed by atoms with E-state index in [4.69, 9.17) is 0 Å². The maximum atomic E-state index is 2.34. The molecule has 1 unspecified atom stereocenters. The van der Waals surface area contributed by atoms with Crippen molar-refractivity contribution >= 4 is 16.8 Å². The maximum Gasteiger partial charge on any atom is 0.0279 e. The third kappa shape index (κ3) is 2.35. The van der Waals surface area contributed by atoms with Crippen molar-refractivity contribution in [2.24, 2.45) is 0 Å². The van der Waals surface area contributed by atoms with Gasteiger partial charge in [-0.2, -0.15) is 0 Å². The van der Waals surface area contributed by atoms with Gasteiger partial charge in [0.25, 0.3) is 0 Å². The molecule has 0 amide bonds. The van der Waals surface area contributed by atoms with Crippen LogP contribution >= 0.6 is 0 Å². The normalized spacial score (nSPS) is 15.1. The monoisotopic (exact) mass is 283 g/mol. The van der Waals surface area contributed by atoms with E-state index in [9.17, 15) is 0 Å². The summed E-state index contributed by atoms with van der Waals surface area (Å²) in [6, 6.07) is 24.1. The SMILES string of the molecule is CC(C[C]1C=Cc2cc3ccccc3cc21)c1ccccc1. The summed E-state index contributed by atoms with van der Waals surface area (Å²) in [4.78, 5) is 0. The van der Waals surface area contributed by atoms with Crippen LogP contribution in [-0.2, 0) is 0 Å². The molecular formula is C22H19. The van der Waals surface area contributed by atoms with Crippen LogP contribution in [0.15, 0.2) is 72.8 Å². The Kier molecular flexibility index (Phi) is 3.31. The minimum absolute atomic E-state index is 0.540. The fourth-order valence-electron chi connectivity index (χ4n) is 3.36. The van der Waals surface area contributed by atoms with Crippen LogP contribution in [0.25, 0.3) is 16.8 Å². The minimum Gasteiger partial charge on any atom is -0.0721 e. The highest BCUT2D eigenvalue weighted by atomic mass is 14.2. The Balaban J connectivity index is 1.64. The molecule has 0 nitrogen and oxygen atoms in total. The van der Waals surface area contributed by atoms with Crippen molar-refractivity contribution in [2.45, 2.75) is 19.3 Å². The lowest BCUT2D eigenvalue weighted by molar-refractivity contribution is 0.727. The molecule has 0 heterocycles. The number of fused-ring (bicyclic) bond motifs is 2. The van der Waals surface area contributed by atoms with E-state index >= 15 is 0 Å². The number of benzene rings is 3. The average molecular weight is 283 g/mol. The standard InChI is InChI=1S/C22H19/c1-16(17-7-3-2-4-8-17)13-20-11-12-21-14-18-9-5-6-10-19(18)15-22(20)21/h2-12,14-16H,13H2,1H3. The van der Waals surface area contributed by atoms with Crippen molar-refractivity contribution in [3.63, 3.8) is 0 Å². The minimum atomic E-state index is 0.540. The van der Waals surface area contributed by atoms with Crippen molar-refractivity contribution in [2.75, 3.05) is 0 Å². The van der Waals surface area contributed by atoms with Crippen LogP contribution in [0.4, 0.5) is 0 Å². The van der Waals surface area contributed by atoms with Crippen LogP contribution in [0.3, 0.4) is 0 Å². The van der Waals surface area contributed by atoms with E-state index in [0.717, 1.165) is 6.42 Å². The lowest BCUT2D eigenvalue weighted by Gasteiger charge is -2.17. The van der Waals surface area contributed by atoms with E-state index in [1.54, 1.807) is 0 Å². The third-order valence-corrected chi connectivity index (χ3v) is 4.62. The second-order valence-corrected chi connectivity index (χ2v) is 6.16. The fraction of sp³-hybridized carbons (Fsp3) is 0.136. The van der Waals surface area contributed by atoms with Gasteiger partial charge >= 0.3 is 0 Å². The molecule has 0 bridgehead atoms. The number of hydrogen-bond donors (Lipinski definition) is 0. The highest BCUT2D eigenvalue weighted by molar-refractivity contribution is 5.88. The molecule has 0 heteroatoms. The number of allylic oxidation sites excluding steroid dienone is 1. The van der Waals surface area contributed by atoms with Gasteiger partial charge in [-0.3, -0.25) is 0 Å². The second-order valence-electron chi connectivity index (χ2n) is 6.16. The zero-order chi connectivity index (χ0) is 14.9. The van der Waals surface area contributed by atoms with Gasteiger partial charge in [0, 0.05) is 5.92 Å². The predicted octanol–water partition coefficient (Wildman–Crippen LogP) is 5.98. The molecule has 22 heavy (non-hydrogen) atoms. The van der Waals surface area contributed by atoms with Crippen molar-refractivity contribution in [3.05, 3.63) is 95.4 Å². The van der Waals surface area contributed by atoms with Crippen LogP contribution in [-0.4, -0.2) is 0 Å². The summed E-state index contributed by atoms with van der Waals surface area (Å²) in [6.45, 7) is 2.31. The van der Waals surface area contributed by atoms with E-state index in [1.165, 1.54) is 33.4 Å². The van der Waals surface area contributed by atoms with Gasteiger partial charge in [0.1, 0.15) is 0 Å². The van der Waals surface area contributed by atoms with Crippen molar-refractivity contribution < 1.29 is 0 Å². The van der Waals surface area contributed by atoms with Gasteiger partial charge in [-0.15, -0.1) is 0 Å². The largest absolute Gasteiger partial charge is 0.0721 e. The molecule has 1 aliphatic rings. The first-order valence-electron chi connectivity index (χ1n) is 7.93.